The van der Waals surface area contributed by atoms with Gasteiger partial charge in [-0.05, 0) is 101 Å². The molecule has 2 unspecified atom stereocenters. The first-order chi connectivity index (χ1) is 20.4. The van der Waals surface area contributed by atoms with Crippen molar-refractivity contribution in [3.8, 4) is 0 Å². The molecule has 2 saturated carbocycles. The number of ether oxygens (including phenoxy) is 1. The van der Waals surface area contributed by atoms with Gasteiger partial charge in [0.25, 0.3) is 0 Å². The van der Waals surface area contributed by atoms with E-state index in [1.165, 1.54) is 18.1 Å². The zero-order valence-electron chi connectivity index (χ0n) is 29.0. The number of aliphatic hydroxyl groups is 5. The number of esters is 1. The van der Waals surface area contributed by atoms with Crippen molar-refractivity contribution in [2.75, 3.05) is 0 Å². The summed E-state index contributed by atoms with van der Waals surface area (Å²) in [6.07, 6.45) is 1.68. The lowest BCUT2D eigenvalue weighted by molar-refractivity contribution is -0.198. The largest absolute Gasteiger partial charge is 0.481 e. The van der Waals surface area contributed by atoms with Gasteiger partial charge in [0.05, 0.1) is 42.4 Å². The number of aliphatic carboxylic acids is 1. The van der Waals surface area contributed by atoms with Crippen LogP contribution in [0.15, 0.2) is 11.1 Å². The molecule has 6 N–H and O–H groups in total. The second-order valence-corrected chi connectivity index (χ2v) is 17.4. The van der Waals surface area contributed by atoms with Crippen LogP contribution in [0.3, 0.4) is 0 Å². The molecule has 0 aromatic rings. The monoisotopic (exact) mass is 636 g/mol. The fourth-order valence-corrected chi connectivity index (χ4v) is 10.9. The van der Waals surface area contributed by atoms with E-state index in [1.807, 2.05) is 13.8 Å². The van der Waals surface area contributed by atoms with Crippen molar-refractivity contribution in [1.82, 2.24) is 0 Å². The van der Waals surface area contributed by atoms with Crippen molar-refractivity contribution in [2.24, 2.45) is 39.4 Å². The van der Waals surface area contributed by atoms with Crippen LogP contribution in [0, 0.1) is 39.4 Å². The summed E-state index contributed by atoms with van der Waals surface area (Å²) in [6, 6.07) is 0. The van der Waals surface area contributed by atoms with Gasteiger partial charge in [0.2, 0.25) is 0 Å². The predicted octanol–water partition coefficient (Wildman–Crippen LogP) is 4.75. The lowest BCUT2D eigenvalue weighted by Crippen LogP contribution is -2.62. The molecule has 0 aromatic carbocycles. The normalized spacial score (nSPS) is 40.4. The Balaban J connectivity index is 1.59. The van der Waals surface area contributed by atoms with Crippen LogP contribution in [0.2, 0.25) is 0 Å². The Kier molecular flexibility index (Phi) is 9.58. The summed E-state index contributed by atoms with van der Waals surface area (Å²) < 4.78 is 5.85. The predicted molar refractivity (Wildman–Crippen MR) is 170 cm³/mol. The highest BCUT2D eigenvalue weighted by atomic mass is 16.6. The molecule has 9 nitrogen and oxygen atoms in total. The van der Waals surface area contributed by atoms with E-state index in [9.17, 15) is 35.1 Å². The molecule has 0 amide bonds. The van der Waals surface area contributed by atoms with E-state index in [4.69, 9.17) is 9.84 Å². The maximum Gasteiger partial charge on any atom is 0.309 e. The Morgan fingerprint density at radius 3 is 2.18 bits per heavy atom. The fourth-order valence-electron chi connectivity index (χ4n) is 10.9. The molecule has 0 spiro atoms. The van der Waals surface area contributed by atoms with Crippen LogP contribution in [-0.2, 0) is 14.3 Å². The van der Waals surface area contributed by atoms with E-state index in [0.29, 0.717) is 19.3 Å². The third-order valence-electron chi connectivity index (χ3n) is 13.5. The van der Waals surface area contributed by atoms with Gasteiger partial charge >= 0.3 is 11.9 Å². The zero-order chi connectivity index (χ0) is 34.1. The molecular weight excluding hydrogens is 576 g/mol. The second kappa shape index (κ2) is 11.9. The molecular formula is C36H60O9. The minimum atomic E-state index is -1.75. The Morgan fingerprint density at radius 1 is 0.978 bits per heavy atom. The van der Waals surface area contributed by atoms with Crippen LogP contribution in [0.1, 0.15) is 127 Å². The summed E-state index contributed by atoms with van der Waals surface area (Å²) >= 11 is 0. The molecule has 2 fully saturated rings. The van der Waals surface area contributed by atoms with E-state index >= 15 is 0 Å². The highest BCUT2D eigenvalue weighted by molar-refractivity contribution is 5.74. The molecule has 0 aromatic heterocycles. The van der Waals surface area contributed by atoms with Gasteiger partial charge in [0, 0.05) is 10.8 Å². The maximum absolute atomic E-state index is 12.9. The summed E-state index contributed by atoms with van der Waals surface area (Å²) in [6.45, 7) is 17.6. The average Bonchev–Trinajstić information content (AvgIpc) is 3.16. The number of carbonyl (C=O) groups is 2. The number of fused-ring (bicyclic) bond motifs is 4. The van der Waals surface area contributed by atoms with E-state index in [0.717, 1.165) is 32.1 Å². The molecule has 11 atom stereocenters. The average molecular weight is 637 g/mol. The maximum atomic E-state index is 12.9. The molecule has 4 rings (SSSR count). The summed E-state index contributed by atoms with van der Waals surface area (Å²) in [4.78, 5) is 24.0. The van der Waals surface area contributed by atoms with Gasteiger partial charge in [0.1, 0.15) is 6.10 Å². The van der Waals surface area contributed by atoms with Gasteiger partial charge < -0.3 is 35.4 Å². The minimum Gasteiger partial charge on any atom is -0.481 e. The van der Waals surface area contributed by atoms with Crippen molar-refractivity contribution in [1.29, 1.82) is 0 Å². The van der Waals surface area contributed by atoms with Gasteiger partial charge in [-0.25, -0.2) is 0 Å². The van der Waals surface area contributed by atoms with Crippen molar-refractivity contribution >= 4 is 11.9 Å². The van der Waals surface area contributed by atoms with Crippen molar-refractivity contribution < 1.29 is 45.0 Å². The number of carbonyl (C=O) groups excluding carboxylic acids is 1. The third-order valence-corrected chi connectivity index (χ3v) is 13.5. The molecule has 258 valence electrons. The van der Waals surface area contributed by atoms with Crippen molar-refractivity contribution in [3.63, 3.8) is 0 Å². The molecule has 0 saturated heterocycles. The summed E-state index contributed by atoms with van der Waals surface area (Å²) in [5.74, 6) is -1.33. The Bertz CT molecular complexity index is 1180. The number of allylic oxidation sites excluding steroid dienone is 1. The third kappa shape index (κ3) is 6.14. The van der Waals surface area contributed by atoms with Crippen molar-refractivity contribution in [3.05, 3.63) is 11.1 Å². The Hall–Kier alpha value is -1.52. The second-order valence-electron chi connectivity index (χ2n) is 17.4. The lowest BCUT2D eigenvalue weighted by Gasteiger charge is -2.64. The standard InChI is InChI=1S/C36H60O9/c1-20(10-13-26(38)32(4,5)43)21-14-15-35(8)22-11-12-25-31(2,3)30(45-29(42)19-33(6,44)18-28(40)41)24(37)17-34(25,7)23(22)16-27(39)36(21,35)9/h20-21,24-27,30,37-39,43-44H,10-19H2,1-9H3,(H,40,41)/t20-,21-,24-,25+,26?,27+,30+,33?,34-,35+,36+/m1/s1. The first-order valence-electron chi connectivity index (χ1n) is 17.0. The number of hydrogen-bond donors (Lipinski definition) is 6. The first kappa shape index (κ1) is 36.3. The van der Waals surface area contributed by atoms with Gasteiger partial charge in [-0.3, -0.25) is 9.59 Å². The quantitative estimate of drug-likeness (QED) is 0.147. The molecule has 0 radical (unpaired) electrons. The van der Waals surface area contributed by atoms with E-state index in [-0.39, 0.29) is 28.6 Å². The van der Waals surface area contributed by atoms with Crippen molar-refractivity contribution in [2.45, 2.75) is 162 Å². The molecule has 0 aliphatic heterocycles. The van der Waals surface area contributed by atoms with Gasteiger partial charge in [-0.1, -0.05) is 52.7 Å². The van der Waals surface area contributed by atoms with Gasteiger partial charge in [-0.15, -0.1) is 0 Å². The smallest absolute Gasteiger partial charge is 0.309 e. The fraction of sp³-hybridized carbons (Fsp3) is 0.889. The van der Waals surface area contributed by atoms with Crippen LogP contribution >= 0.6 is 0 Å². The van der Waals surface area contributed by atoms with Crippen LogP contribution in [0.4, 0.5) is 0 Å². The van der Waals surface area contributed by atoms with Crippen LogP contribution in [0.25, 0.3) is 0 Å². The highest BCUT2D eigenvalue weighted by Gasteiger charge is 2.67. The molecule has 0 bridgehead atoms. The molecule has 45 heavy (non-hydrogen) atoms. The highest BCUT2D eigenvalue weighted by Crippen LogP contribution is 2.72. The number of carboxylic acids is 1. The topological polar surface area (TPSA) is 165 Å². The summed E-state index contributed by atoms with van der Waals surface area (Å²) in [7, 11) is 0. The molecule has 9 heteroatoms. The van der Waals surface area contributed by atoms with Crippen LogP contribution in [0.5, 0.6) is 0 Å². The number of aliphatic hydroxyl groups excluding tert-OH is 3. The Morgan fingerprint density at radius 2 is 1.60 bits per heavy atom. The molecule has 0 heterocycles. The Labute approximate surface area is 269 Å². The van der Waals surface area contributed by atoms with E-state index in [2.05, 4.69) is 27.7 Å². The van der Waals surface area contributed by atoms with E-state index in [1.54, 1.807) is 13.8 Å². The van der Waals surface area contributed by atoms with Gasteiger partial charge in [-0.2, -0.15) is 0 Å². The lowest BCUT2D eigenvalue weighted by atomic mass is 9.42. The summed E-state index contributed by atoms with van der Waals surface area (Å²) in [5.41, 5.74) is -1.81. The minimum absolute atomic E-state index is 0.0732. The SMILES string of the molecule is C[C@H](CCC(O)C(C)(C)O)[C@H]1CC[C@@]2(C)C3=C(C[C@H](O)[C@]12C)[C@@]1(C)C[C@@H](O)[C@H](OC(=O)CC(C)(O)CC(=O)O)C(C)(C)[C@@H]1CC3. The number of hydrogen-bond acceptors (Lipinski definition) is 8. The van der Waals surface area contributed by atoms with Crippen LogP contribution < -0.4 is 0 Å². The summed E-state index contributed by atoms with van der Waals surface area (Å²) in [5, 5.41) is 63.9. The number of carboxylic acid groups (broad SMARTS) is 1. The number of rotatable bonds is 10. The van der Waals surface area contributed by atoms with E-state index < -0.39 is 71.2 Å². The first-order valence-corrected chi connectivity index (χ1v) is 17.0. The van der Waals surface area contributed by atoms with Crippen LogP contribution in [-0.4, -0.2) is 78.2 Å². The van der Waals surface area contributed by atoms with Gasteiger partial charge in [0.15, 0.2) is 0 Å². The zero-order valence-corrected chi connectivity index (χ0v) is 29.0. The molecule has 4 aliphatic rings. The molecule has 4 aliphatic carbocycles.